The third-order valence-electron chi connectivity index (χ3n) is 3.36. The van der Waals surface area contributed by atoms with Gasteiger partial charge in [0.25, 0.3) is 5.91 Å². The first-order valence-corrected chi connectivity index (χ1v) is 8.83. The van der Waals surface area contributed by atoms with Crippen molar-refractivity contribution in [1.82, 2.24) is 4.98 Å². The SMILES string of the molecule is CCN(C(=O)c1cccs1)c1nc(-c2ccc(C)cc2)cs1. The number of thiophene rings is 1. The summed E-state index contributed by atoms with van der Waals surface area (Å²) in [6.07, 6.45) is 0. The van der Waals surface area contributed by atoms with Gasteiger partial charge in [-0.3, -0.25) is 9.69 Å². The third kappa shape index (κ3) is 2.96. The summed E-state index contributed by atoms with van der Waals surface area (Å²) < 4.78 is 0. The molecule has 0 radical (unpaired) electrons. The molecule has 0 unspecified atom stereocenters. The number of aryl methyl sites for hydroxylation is 1. The number of nitrogens with zero attached hydrogens (tertiary/aromatic N) is 2. The zero-order valence-electron chi connectivity index (χ0n) is 12.4. The molecule has 0 saturated carbocycles. The molecule has 22 heavy (non-hydrogen) atoms. The summed E-state index contributed by atoms with van der Waals surface area (Å²) in [7, 11) is 0. The highest BCUT2D eigenvalue weighted by Gasteiger charge is 2.20. The first-order valence-electron chi connectivity index (χ1n) is 7.07. The lowest BCUT2D eigenvalue weighted by atomic mass is 10.1. The molecule has 2 heterocycles. The maximum absolute atomic E-state index is 12.5. The number of benzene rings is 1. The Morgan fingerprint density at radius 3 is 2.59 bits per heavy atom. The van der Waals surface area contributed by atoms with Crippen molar-refractivity contribution in [2.45, 2.75) is 13.8 Å². The van der Waals surface area contributed by atoms with E-state index in [0.717, 1.165) is 21.3 Å². The van der Waals surface area contributed by atoms with Gasteiger partial charge in [-0.25, -0.2) is 4.98 Å². The van der Waals surface area contributed by atoms with Gasteiger partial charge in [0.1, 0.15) is 0 Å². The maximum Gasteiger partial charge on any atom is 0.270 e. The van der Waals surface area contributed by atoms with Crippen LogP contribution in [0.1, 0.15) is 22.2 Å². The van der Waals surface area contributed by atoms with Gasteiger partial charge in [0.05, 0.1) is 10.6 Å². The summed E-state index contributed by atoms with van der Waals surface area (Å²) in [6, 6.07) is 12.0. The van der Waals surface area contributed by atoms with Crippen molar-refractivity contribution >= 4 is 33.7 Å². The number of hydrogen-bond acceptors (Lipinski definition) is 4. The zero-order valence-corrected chi connectivity index (χ0v) is 14.1. The molecule has 1 amide bonds. The van der Waals surface area contributed by atoms with Gasteiger partial charge in [-0.05, 0) is 25.3 Å². The maximum atomic E-state index is 12.5. The molecule has 1 aromatic carbocycles. The molecular formula is C17H16N2OS2. The van der Waals surface area contributed by atoms with Crippen molar-refractivity contribution in [2.75, 3.05) is 11.4 Å². The lowest BCUT2D eigenvalue weighted by Gasteiger charge is -2.16. The predicted octanol–water partition coefficient (Wildman–Crippen LogP) is 4.85. The second kappa shape index (κ2) is 6.42. The van der Waals surface area contributed by atoms with Gasteiger partial charge < -0.3 is 0 Å². The van der Waals surface area contributed by atoms with Crippen LogP contribution < -0.4 is 4.90 Å². The molecule has 0 atom stereocenters. The fourth-order valence-corrected chi connectivity index (χ4v) is 3.71. The van der Waals surface area contributed by atoms with E-state index < -0.39 is 0 Å². The standard InChI is InChI=1S/C17H16N2OS2/c1-3-19(16(20)15-5-4-10-21-15)17-18-14(11-22-17)13-8-6-12(2)7-9-13/h4-11H,3H2,1-2H3. The van der Waals surface area contributed by atoms with Crippen LogP contribution in [0.5, 0.6) is 0 Å². The number of hydrogen-bond donors (Lipinski definition) is 0. The van der Waals surface area contributed by atoms with Crippen LogP contribution in [-0.4, -0.2) is 17.4 Å². The average Bonchev–Trinajstić information content (AvgIpc) is 3.20. The molecular weight excluding hydrogens is 312 g/mol. The fraction of sp³-hybridized carbons (Fsp3) is 0.176. The monoisotopic (exact) mass is 328 g/mol. The van der Waals surface area contributed by atoms with Crippen LogP contribution in [0.4, 0.5) is 5.13 Å². The van der Waals surface area contributed by atoms with Crippen LogP contribution in [0.25, 0.3) is 11.3 Å². The summed E-state index contributed by atoms with van der Waals surface area (Å²) in [5.74, 6) is 0.0160. The Bertz CT molecular complexity index is 760. The quantitative estimate of drug-likeness (QED) is 0.686. The first kappa shape index (κ1) is 14.9. The van der Waals surface area contributed by atoms with E-state index in [-0.39, 0.29) is 5.91 Å². The Morgan fingerprint density at radius 1 is 1.18 bits per heavy atom. The van der Waals surface area contributed by atoms with E-state index in [0.29, 0.717) is 6.54 Å². The summed E-state index contributed by atoms with van der Waals surface area (Å²) in [6.45, 7) is 4.64. The molecule has 0 N–H and O–H groups in total. The molecule has 0 saturated heterocycles. The van der Waals surface area contributed by atoms with Gasteiger partial charge in [-0.1, -0.05) is 35.9 Å². The van der Waals surface area contributed by atoms with Crippen LogP contribution in [0.15, 0.2) is 47.2 Å². The van der Waals surface area contributed by atoms with Gasteiger partial charge in [0, 0.05) is 17.5 Å². The number of thiazole rings is 1. The molecule has 0 spiro atoms. The molecule has 0 aliphatic rings. The molecule has 0 aliphatic carbocycles. The van der Waals surface area contributed by atoms with E-state index in [4.69, 9.17) is 0 Å². The Labute approximate surface area is 137 Å². The second-order valence-corrected chi connectivity index (χ2v) is 6.69. The van der Waals surface area contributed by atoms with Crippen LogP contribution in [0.2, 0.25) is 0 Å². The van der Waals surface area contributed by atoms with E-state index in [1.807, 2.05) is 29.8 Å². The van der Waals surface area contributed by atoms with Crippen LogP contribution >= 0.6 is 22.7 Å². The van der Waals surface area contributed by atoms with Gasteiger partial charge in [0.15, 0.2) is 5.13 Å². The number of rotatable bonds is 4. The number of anilines is 1. The van der Waals surface area contributed by atoms with Crippen molar-refractivity contribution in [1.29, 1.82) is 0 Å². The molecule has 3 aromatic rings. The normalized spacial score (nSPS) is 10.6. The Balaban J connectivity index is 1.88. The van der Waals surface area contributed by atoms with E-state index in [1.165, 1.54) is 28.2 Å². The van der Waals surface area contributed by atoms with E-state index in [9.17, 15) is 4.79 Å². The highest BCUT2D eigenvalue weighted by molar-refractivity contribution is 7.14. The summed E-state index contributed by atoms with van der Waals surface area (Å²) in [5.41, 5.74) is 3.22. The molecule has 5 heteroatoms. The van der Waals surface area contributed by atoms with Gasteiger partial charge in [-0.2, -0.15) is 0 Å². The van der Waals surface area contributed by atoms with Crippen molar-refractivity contribution in [3.8, 4) is 11.3 Å². The highest BCUT2D eigenvalue weighted by atomic mass is 32.1. The van der Waals surface area contributed by atoms with Crippen LogP contribution in [0, 0.1) is 6.92 Å². The highest BCUT2D eigenvalue weighted by Crippen LogP contribution is 2.29. The number of carbonyl (C=O) groups excluding carboxylic acids is 1. The minimum atomic E-state index is 0.0160. The molecule has 2 aromatic heterocycles. The largest absolute Gasteiger partial charge is 0.284 e. The second-order valence-electron chi connectivity index (χ2n) is 4.91. The number of aromatic nitrogens is 1. The lowest BCUT2D eigenvalue weighted by molar-refractivity contribution is 0.0992. The number of amides is 1. The third-order valence-corrected chi connectivity index (χ3v) is 5.09. The first-order chi connectivity index (χ1) is 10.7. The van der Waals surface area contributed by atoms with Gasteiger partial charge in [-0.15, -0.1) is 22.7 Å². The molecule has 0 fully saturated rings. The number of carbonyl (C=O) groups is 1. The van der Waals surface area contributed by atoms with Crippen molar-refractivity contribution in [2.24, 2.45) is 0 Å². The van der Waals surface area contributed by atoms with Gasteiger partial charge >= 0.3 is 0 Å². The topological polar surface area (TPSA) is 33.2 Å². The molecule has 112 valence electrons. The van der Waals surface area contributed by atoms with Crippen molar-refractivity contribution in [3.05, 3.63) is 57.6 Å². The van der Waals surface area contributed by atoms with E-state index >= 15 is 0 Å². The predicted molar refractivity (Wildman–Crippen MR) is 94.0 cm³/mol. The summed E-state index contributed by atoms with van der Waals surface area (Å²) in [5, 5.41) is 4.67. The molecule has 0 bridgehead atoms. The molecule has 3 nitrogen and oxygen atoms in total. The smallest absolute Gasteiger partial charge is 0.270 e. The van der Waals surface area contributed by atoms with E-state index in [1.54, 1.807) is 4.90 Å². The fourth-order valence-electron chi connectivity index (χ4n) is 2.14. The molecule has 3 rings (SSSR count). The minimum Gasteiger partial charge on any atom is -0.284 e. The zero-order chi connectivity index (χ0) is 15.5. The lowest BCUT2D eigenvalue weighted by Crippen LogP contribution is -2.29. The Kier molecular flexibility index (Phi) is 4.36. The Hall–Kier alpha value is -1.98. The average molecular weight is 328 g/mol. The minimum absolute atomic E-state index is 0.0160. The summed E-state index contributed by atoms with van der Waals surface area (Å²) >= 11 is 2.97. The van der Waals surface area contributed by atoms with Crippen LogP contribution in [0.3, 0.4) is 0 Å². The van der Waals surface area contributed by atoms with Gasteiger partial charge in [0.2, 0.25) is 0 Å². The molecule has 0 aliphatic heterocycles. The van der Waals surface area contributed by atoms with E-state index in [2.05, 4.69) is 36.2 Å². The van der Waals surface area contributed by atoms with Crippen LogP contribution in [-0.2, 0) is 0 Å². The summed E-state index contributed by atoms with van der Waals surface area (Å²) in [4.78, 5) is 19.6. The van der Waals surface area contributed by atoms with Crippen molar-refractivity contribution in [3.63, 3.8) is 0 Å². The Morgan fingerprint density at radius 2 is 1.95 bits per heavy atom. The van der Waals surface area contributed by atoms with Crippen molar-refractivity contribution < 1.29 is 4.79 Å².